The zero-order valence-corrected chi connectivity index (χ0v) is 15.7. The Bertz CT molecular complexity index is 807. The number of fused-ring (bicyclic) bond motifs is 1. The fourth-order valence-electron chi connectivity index (χ4n) is 3.83. The zero-order valence-electron chi connectivity index (χ0n) is 15.7. The Morgan fingerprint density at radius 1 is 1.15 bits per heavy atom. The quantitative estimate of drug-likeness (QED) is 0.667. The maximum Gasteiger partial charge on any atom is 0.289 e. The highest BCUT2D eigenvalue weighted by molar-refractivity contribution is 5.91. The molecule has 1 aromatic heterocycles. The molecule has 1 amide bonds. The van der Waals surface area contributed by atoms with Crippen LogP contribution in [0.5, 0.6) is 0 Å². The summed E-state index contributed by atoms with van der Waals surface area (Å²) in [5.74, 6) is 1.85. The van der Waals surface area contributed by atoms with Gasteiger partial charge in [0.05, 0.1) is 6.26 Å². The SMILES string of the molecule is CCNC(=NCC1Cc2ccccc21)N1CCN(C(=O)c2ccco2)CC1. The van der Waals surface area contributed by atoms with Gasteiger partial charge in [-0.2, -0.15) is 0 Å². The van der Waals surface area contributed by atoms with Gasteiger partial charge < -0.3 is 19.5 Å². The van der Waals surface area contributed by atoms with E-state index in [1.54, 1.807) is 12.1 Å². The summed E-state index contributed by atoms with van der Waals surface area (Å²) in [6.07, 6.45) is 2.66. The molecule has 1 saturated heterocycles. The maximum absolute atomic E-state index is 12.4. The van der Waals surface area contributed by atoms with Gasteiger partial charge in [0.15, 0.2) is 11.7 Å². The number of nitrogens with one attached hydrogen (secondary N) is 1. The first kappa shape index (κ1) is 17.6. The molecule has 1 aromatic carbocycles. The van der Waals surface area contributed by atoms with E-state index >= 15 is 0 Å². The average molecular weight is 366 g/mol. The van der Waals surface area contributed by atoms with Crippen molar-refractivity contribution < 1.29 is 9.21 Å². The average Bonchev–Trinajstić information content (AvgIpc) is 3.22. The molecular formula is C21H26N4O2. The second kappa shape index (κ2) is 7.86. The summed E-state index contributed by atoms with van der Waals surface area (Å²) in [7, 11) is 0. The molecule has 1 N–H and O–H groups in total. The highest BCUT2D eigenvalue weighted by atomic mass is 16.3. The summed E-state index contributed by atoms with van der Waals surface area (Å²) in [6.45, 7) is 6.65. The Morgan fingerprint density at radius 3 is 2.63 bits per heavy atom. The van der Waals surface area contributed by atoms with Gasteiger partial charge in [0.1, 0.15) is 0 Å². The number of guanidine groups is 1. The minimum Gasteiger partial charge on any atom is -0.459 e. The van der Waals surface area contributed by atoms with Gasteiger partial charge in [0, 0.05) is 45.2 Å². The lowest BCUT2D eigenvalue weighted by Crippen LogP contribution is -2.53. The van der Waals surface area contributed by atoms with Crippen molar-refractivity contribution in [2.45, 2.75) is 19.3 Å². The normalized spacial score (nSPS) is 19.4. The van der Waals surface area contributed by atoms with Gasteiger partial charge in [0.25, 0.3) is 5.91 Å². The smallest absolute Gasteiger partial charge is 0.289 e. The molecular weight excluding hydrogens is 340 g/mol. The van der Waals surface area contributed by atoms with Gasteiger partial charge in [-0.1, -0.05) is 24.3 Å². The predicted octanol–water partition coefficient (Wildman–Crippen LogP) is 2.34. The van der Waals surface area contributed by atoms with Crippen LogP contribution in [0.2, 0.25) is 0 Å². The van der Waals surface area contributed by atoms with Gasteiger partial charge in [-0.3, -0.25) is 9.79 Å². The Balaban J connectivity index is 1.35. The molecule has 2 aliphatic rings. The van der Waals surface area contributed by atoms with Gasteiger partial charge in [-0.15, -0.1) is 0 Å². The van der Waals surface area contributed by atoms with Crippen molar-refractivity contribution in [1.29, 1.82) is 0 Å². The molecule has 0 radical (unpaired) electrons. The molecule has 6 nitrogen and oxygen atoms in total. The van der Waals surface area contributed by atoms with Crippen LogP contribution in [-0.4, -0.2) is 60.9 Å². The molecule has 0 bridgehead atoms. The summed E-state index contributed by atoms with van der Waals surface area (Å²) in [5, 5.41) is 3.41. The first-order chi connectivity index (χ1) is 13.3. The third-order valence-electron chi connectivity index (χ3n) is 5.36. The fraction of sp³-hybridized carbons (Fsp3) is 0.429. The second-order valence-electron chi connectivity index (χ2n) is 7.05. The number of rotatable bonds is 4. The van der Waals surface area contributed by atoms with Crippen LogP contribution in [-0.2, 0) is 6.42 Å². The minimum absolute atomic E-state index is 0.0346. The maximum atomic E-state index is 12.4. The van der Waals surface area contributed by atoms with E-state index in [9.17, 15) is 4.79 Å². The summed E-state index contributed by atoms with van der Waals surface area (Å²) < 4.78 is 5.23. The first-order valence-electron chi connectivity index (χ1n) is 9.70. The van der Waals surface area contributed by atoms with Crippen LogP contribution in [0.15, 0.2) is 52.1 Å². The molecule has 27 heavy (non-hydrogen) atoms. The van der Waals surface area contributed by atoms with Crippen molar-refractivity contribution in [3.63, 3.8) is 0 Å². The number of piperazine rings is 1. The lowest BCUT2D eigenvalue weighted by molar-refractivity contribution is 0.0657. The molecule has 4 rings (SSSR count). The molecule has 1 aliphatic heterocycles. The molecule has 1 atom stereocenters. The lowest BCUT2D eigenvalue weighted by atomic mass is 9.78. The Hall–Kier alpha value is -2.76. The van der Waals surface area contributed by atoms with E-state index in [4.69, 9.17) is 9.41 Å². The zero-order chi connectivity index (χ0) is 18.6. The number of furan rings is 1. The van der Waals surface area contributed by atoms with Crippen molar-refractivity contribution in [2.24, 2.45) is 4.99 Å². The fourth-order valence-corrected chi connectivity index (χ4v) is 3.83. The number of hydrogen-bond acceptors (Lipinski definition) is 3. The van der Waals surface area contributed by atoms with E-state index in [1.165, 1.54) is 17.4 Å². The van der Waals surface area contributed by atoms with E-state index in [2.05, 4.69) is 41.4 Å². The van der Waals surface area contributed by atoms with Crippen molar-refractivity contribution in [2.75, 3.05) is 39.3 Å². The summed E-state index contributed by atoms with van der Waals surface area (Å²) in [5.41, 5.74) is 2.89. The van der Waals surface area contributed by atoms with Crippen molar-refractivity contribution >= 4 is 11.9 Å². The molecule has 1 aliphatic carbocycles. The molecule has 142 valence electrons. The van der Waals surface area contributed by atoms with Crippen LogP contribution < -0.4 is 5.32 Å². The second-order valence-corrected chi connectivity index (χ2v) is 7.05. The largest absolute Gasteiger partial charge is 0.459 e. The van der Waals surface area contributed by atoms with Crippen molar-refractivity contribution in [3.8, 4) is 0 Å². The number of benzene rings is 1. The van der Waals surface area contributed by atoms with Crippen LogP contribution in [0.25, 0.3) is 0 Å². The van der Waals surface area contributed by atoms with Crippen molar-refractivity contribution in [1.82, 2.24) is 15.1 Å². The number of amides is 1. The van der Waals surface area contributed by atoms with E-state index in [0.717, 1.165) is 38.6 Å². The summed E-state index contributed by atoms with van der Waals surface area (Å²) in [6, 6.07) is 12.1. The molecule has 2 heterocycles. The molecule has 1 unspecified atom stereocenters. The van der Waals surface area contributed by atoms with Crippen LogP contribution >= 0.6 is 0 Å². The topological polar surface area (TPSA) is 61.1 Å². The third kappa shape index (κ3) is 3.70. The Morgan fingerprint density at radius 2 is 1.93 bits per heavy atom. The molecule has 0 saturated carbocycles. The van der Waals surface area contributed by atoms with Crippen LogP contribution in [0, 0.1) is 0 Å². The summed E-state index contributed by atoms with van der Waals surface area (Å²) in [4.78, 5) is 21.4. The number of aliphatic imine (C=N–C) groups is 1. The highest BCUT2D eigenvalue weighted by Gasteiger charge is 2.27. The van der Waals surface area contributed by atoms with Gasteiger partial charge in [-0.25, -0.2) is 0 Å². The predicted molar refractivity (Wildman–Crippen MR) is 105 cm³/mol. The van der Waals surface area contributed by atoms with E-state index < -0.39 is 0 Å². The monoisotopic (exact) mass is 366 g/mol. The standard InChI is InChI=1S/C21H26N4O2/c1-2-22-21(23-15-17-14-16-6-3-4-7-18(16)17)25-11-9-24(10-12-25)20(26)19-8-5-13-27-19/h3-8,13,17H,2,9-12,14-15H2,1H3,(H,22,23). The first-order valence-corrected chi connectivity index (χ1v) is 9.70. The van der Waals surface area contributed by atoms with E-state index in [-0.39, 0.29) is 5.91 Å². The van der Waals surface area contributed by atoms with Crippen LogP contribution in [0.1, 0.15) is 34.5 Å². The highest BCUT2D eigenvalue weighted by Crippen LogP contribution is 2.34. The van der Waals surface area contributed by atoms with Crippen LogP contribution in [0.3, 0.4) is 0 Å². The lowest BCUT2D eigenvalue weighted by Gasteiger charge is -2.36. The number of nitrogens with zero attached hydrogens (tertiary/aromatic N) is 3. The number of carbonyl (C=O) groups excluding carboxylic acids is 1. The number of hydrogen-bond donors (Lipinski definition) is 1. The van der Waals surface area contributed by atoms with Crippen molar-refractivity contribution in [3.05, 3.63) is 59.5 Å². The van der Waals surface area contributed by atoms with E-state index in [0.29, 0.717) is 24.8 Å². The third-order valence-corrected chi connectivity index (χ3v) is 5.36. The Kier molecular flexibility index (Phi) is 5.14. The molecule has 1 fully saturated rings. The van der Waals surface area contributed by atoms with Gasteiger partial charge in [-0.05, 0) is 36.6 Å². The molecule has 2 aromatic rings. The molecule has 0 spiro atoms. The molecule has 6 heteroatoms. The van der Waals surface area contributed by atoms with Gasteiger partial charge >= 0.3 is 0 Å². The minimum atomic E-state index is -0.0346. The van der Waals surface area contributed by atoms with Gasteiger partial charge in [0.2, 0.25) is 0 Å². The van der Waals surface area contributed by atoms with E-state index in [1.807, 2.05) is 4.90 Å². The Labute approximate surface area is 159 Å². The number of carbonyl (C=O) groups is 1. The van der Waals surface area contributed by atoms with Crippen LogP contribution in [0.4, 0.5) is 0 Å². The summed E-state index contributed by atoms with van der Waals surface area (Å²) >= 11 is 0.